The van der Waals surface area contributed by atoms with E-state index in [9.17, 15) is 5.11 Å². The van der Waals surface area contributed by atoms with Crippen LogP contribution in [0.5, 0.6) is 5.75 Å². The summed E-state index contributed by atoms with van der Waals surface area (Å²) in [5.74, 6) is 1.08. The fourth-order valence-corrected chi connectivity index (χ4v) is 4.96. The fraction of sp³-hybridized carbons (Fsp3) is 0.115. The summed E-state index contributed by atoms with van der Waals surface area (Å²) in [6, 6.07) is 24.3. The molecule has 0 spiro atoms. The zero-order valence-corrected chi connectivity index (χ0v) is 18.0. The van der Waals surface area contributed by atoms with Gasteiger partial charge in [0.25, 0.3) is 0 Å². The molecule has 0 unspecified atom stereocenters. The summed E-state index contributed by atoms with van der Waals surface area (Å²) in [5.41, 5.74) is 6.76. The van der Waals surface area contributed by atoms with Gasteiger partial charge in [-0.3, -0.25) is 5.10 Å². The van der Waals surface area contributed by atoms with Gasteiger partial charge in [0.1, 0.15) is 5.75 Å². The monoisotopic (exact) mass is 425 g/mol. The summed E-state index contributed by atoms with van der Waals surface area (Å²) in [6.07, 6.45) is 2.25. The van der Waals surface area contributed by atoms with Crippen LogP contribution in [-0.4, -0.2) is 15.3 Å². The zero-order chi connectivity index (χ0) is 21.2. The number of phenolic OH excluding ortho intramolecular Hbond substituents is 1. The molecule has 5 rings (SSSR count). The second-order valence-corrected chi connectivity index (χ2v) is 8.50. The van der Waals surface area contributed by atoms with Crippen molar-refractivity contribution in [3.8, 4) is 28.1 Å². The van der Waals surface area contributed by atoms with Crippen molar-refractivity contribution < 1.29 is 5.11 Å². The Balaban J connectivity index is 1.43. The predicted molar refractivity (Wildman–Crippen MR) is 130 cm³/mol. The fourth-order valence-electron chi connectivity index (χ4n) is 3.85. The van der Waals surface area contributed by atoms with Crippen molar-refractivity contribution in [3.05, 3.63) is 83.7 Å². The molecule has 31 heavy (non-hydrogen) atoms. The molecule has 2 aromatic heterocycles. The Hall–Kier alpha value is -3.57. The Kier molecular flexibility index (Phi) is 5.18. The van der Waals surface area contributed by atoms with E-state index in [2.05, 4.69) is 76.3 Å². The normalized spacial score (nSPS) is 11.1. The van der Waals surface area contributed by atoms with E-state index < -0.39 is 0 Å². The molecule has 5 heteroatoms. The summed E-state index contributed by atoms with van der Waals surface area (Å²) in [7, 11) is 0. The highest BCUT2D eigenvalue weighted by molar-refractivity contribution is 7.18. The van der Waals surface area contributed by atoms with E-state index in [0.29, 0.717) is 0 Å². The number of hydrogen-bond donors (Lipinski definition) is 3. The smallest absolute Gasteiger partial charge is 0.152 e. The van der Waals surface area contributed by atoms with E-state index in [1.807, 2.05) is 12.1 Å². The number of nitrogens with one attached hydrogen (secondary N) is 2. The minimum absolute atomic E-state index is 0.278. The van der Waals surface area contributed by atoms with Crippen LogP contribution < -0.4 is 5.32 Å². The Labute approximate surface area is 185 Å². The van der Waals surface area contributed by atoms with E-state index in [1.54, 1.807) is 23.5 Å². The van der Waals surface area contributed by atoms with Gasteiger partial charge < -0.3 is 10.4 Å². The molecule has 0 bridgehead atoms. The van der Waals surface area contributed by atoms with Gasteiger partial charge in [0.05, 0.1) is 5.69 Å². The number of aromatic nitrogens is 2. The molecule has 5 aromatic rings. The second-order valence-electron chi connectivity index (χ2n) is 7.62. The van der Waals surface area contributed by atoms with E-state index in [4.69, 9.17) is 0 Å². The van der Waals surface area contributed by atoms with Crippen molar-refractivity contribution in [1.82, 2.24) is 10.2 Å². The average molecular weight is 426 g/mol. The lowest BCUT2D eigenvalue weighted by atomic mass is 10.0. The molecule has 2 heterocycles. The number of anilines is 2. The molecule has 0 amide bonds. The molecule has 0 aliphatic heterocycles. The number of aromatic amines is 1. The SMILES string of the molecule is CCCc1ccc(Nc2cc(-c3csc4c(-c5ccc(O)cc5)cccc34)[nH]n2)cc1. The molecule has 4 nitrogen and oxygen atoms in total. The van der Waals surface area contributed by atoms with E-state index in [-0.39, 0.29) is 5.75 Å². The summed E-state index contributed by atoms with van der Waals surface area (Å²) in [4.78, 5) is 0. The number of hydrogen-bond acceptors (Lipinski definition) is 4. The first-order valence-corrected chi connectivity index (χ1v) is 11.3. The van der Waals surface area contributed by atoms with Crippen molar-refractivity contribution in [2.75, 3.05) is 5.32 Å². The molecule has 3 N–H and O–H groups in total. The minimum atomic E-state index is 0.278. The maximum absolute atomic E-state index is 9.60. The van der Waals surface area contributed by atoms with E-state index in [1.165, 1.54) is 21.2 Å². The number of aromatic hydroxyl groups is 1. The second kappa shape index (κ2) is 8.28. The lowest BCUT2D eigenvalue weighted by Crippen LogP contribution is -1.91. The quantitative estimate of drug-likeness (QED) is 0.266. The third kappa shape index (κ3) is 3.92. The molecule has 0 saturated carbocycles. The van der Waals surface area contributed by atoms with Gasteiger partial charge >= 0.3 is 0 Å². The van der Waals surface area contributed by atoms with Crippen LogP contribution in [0, 0.1) is 0 Å². The Morgan fingerprint density at radius 3 is 2.55 bits per heavy atom. The molecule has 0 radical (unpaired) electrons. The van der Waals surface area contributed by atoms with Gasteiger partial charge in [-0.2, -0.15) is 5.10 Å². The third-order valence-corrected chi connectivity index (χ3v) is 6.44. The molecule has 0 saturated heterocycles. The number of fused-ring (bicyclic) bond motifs is 1. The number of nitrogens with zero attached hydrogens (tertiary/aromatic N) is 1. The van der Waals surface area contributed by atoms with Crippen LogP contribution in [0.15, 0.2) is 78.2 Å². The molecular weight excluding hydrogens is 402 g/mol. The largest absolute Gasteiger partial charge is 0.508 e. The minimum Gasteiger partial charge on any atom is -0.508 e. The first kappa shape index (κ1) is 19.4. The molecule has 0 aliphatic carbocycles. The standard InChI is InChI=1S/C26H23N3OS/c1-2-4-17-7-11-19(12-8-17)27-25-15-24(28-29-25)23-16-31-26-21(5-3-6-22(23)26)18-9-13-20(30)14-10-18/h3,5-16,30H,2,4H2,1H3,(H2,27,28,29). The van der Waals surface area contributed by atoms with Crippen LogP contribution in [0.2, 0.25) is 0 Å². The number of thiophene rings is 1. The number of aryl methyl sites for hydroxylation is 1. The van der Waals surface area contributed by atoms with Crippen LogP contribution in [0.25, 0.3) is 32.5 Å². The first-order valence-electron chi connectivity index (χ1n) is 10.4. The predicted octanol–water partition coefficient (Wildman–Crippen LogP) is 7.36. The summed E-state index contributed by atoms with van der Waals surface area (Å²) >= 11 is 1.72. The zero-order valence-electron chi connectivity index (χ0n) is 17.2. The summed E-state index contributed by atoms with van der Waals surface area (Å²) in [6.45, 7) is 2.19. The Bertz CT molecular complexity index is 1320. The van der Waals surface area contributed by atoms with Crippen molar-refractivity contribution in [2.45, 2.75) is 19.8 Å². The van der Waals surface area contributed by atoms with Gasteiger partial charge in [0, 0.05) is 32.8 Å². The van der Waals surface area contributed by atoms with E-state index in [0.717, 1.165) is 41.2 Å². The topological polar surface area (TPSA) is 60.9 Å². The maximum Gasteiger partial charge on any atom is 0.152 e. The number of H-pyrrole nitrogens is 1. The van der Waals surface area contributed by atoms with Crippen LogP contribution >= 0.6 is 11.3 Å². The maximum atomic E-state index is 9.60. The van der Waals surface area contributed by atoms with Crippen LogP contribution in [0.1, 0.15) is 18.9 Å². The lowest BCUT2D eigenvalue weighted by molar-refractivity contribution is 0.475. The van der Waals surface area contributed by atoms with Gasteiger partial charge in [-0.15, -0.1) is 11.3 Å². The Morgan fingerprint density at radius 1 is 0.968 bits per heavy atom. The Morgan fingerprint density at radius 2 is 1.77 bits per heavy atom. The molecule has 3 aromatic carbocycles. The van der Waals surface area contributed by atoms with Crippen LogP contribution in [-0.2, 0) is 6.42 Å². The van der Waals surface area contributed by atoms with Crippen molar-refractivity contribution >= 4 is 32.9 Å². The molecule has 0 fully saturated rings. The third-order valence-electron chi connectivity index (χ3n) is 5.41. The highest BCUT2D eigenvalue weighted by Crippen LogP contribution is 2.39. The van der Waals surface area contributed by atoms with Crippen molar-refractivity contribution in [1.29, 1.82) is 0 Å². The first-order chi connectivity index (χ1) is 15.2. The number of rotatable bonds is 6. The van der Waals surface area contributed by atoms with Gasteiger partial charge in [0.15, 0.2) is 5.82 Å². The van der Waals surface area contributed by atoms with Crippen LogP contribution in [0.4, 0.5) is 11.5 Å². The summed E-state index contributed by atoms with van der Waals surface area (Å²) in [5, 5.41) is 24.0. The molecular formula is C26H23N3OS. The highest BCUT2D eigenvalue weighted by Gasteiger charge is 2.13. The molecule has 0 aliphatic rings. The molecule has 154 valence electrons. The molecule has 0 atom stereocenters. The van der Waals surface area contributed by atoms with Gasteiger partial charge in [-0.05, 0) is 47.4 Å². The number of phenols is 1. The van der Waals surface area contributed by atoms with Gasteiger partial charge in [-0.1, -0.05) is 55.8 Å². The van der Waals surface area contributed by atoms with Crippen molar-refractivity contribution in [3.63, 3.8) is 0 Å². The van der Waals surface area contributed by atoms with Gasteiger partial charge in [0.2, 0.25) is 0 Å². The van der Waals surface area contributed by atoms with Gasteiger partial charge in [-0.25, -0.2) is 0 Å². The highest BCUT2D eigenvalue weighted by atomic mass is 32.1. The van der Waals surface area contributed by atoms with Crippen LogP contribution in [0.3, 0.4) is 0 Å². The lowest BCUT2D eigenvalue weighted by Gasteiger charge is -2.04. The van der Waals surface area contributed by atoms with Crippen molar-refractivity contribution in [2.24, 2.45) is 0 Å². The average Bonchev–Trinajstić information content (AvgIpc) is 3.42. The summed E-state index contributed by atoms with van der Waals surface area (Å²) < 4.78 is 1.22. The number of benzene rings is 3. The van der Waals surface area contributed by atoms with E-state index >= 15 is 0 Å².